The molecular weight excluding hydrogens is 92.1 g/mol. The van der Waals surface area contributed by atoms with Gasteiger partial charge in [0.15, 0.2) is 0 Å². The third-order valence-corrected chi connectivity index (χ3v) is 0.271. The van der Waals surface area contributed by atoms with Crippen molar-refractivity contribution in [2.45, 2.75) is 6.92 Å². The highest BCUT2D eigenvalue weighted by Crippen LogP contribution is 1.55. The van der Waals surface area contributed by atoms with Gasteiger partial charge in [0.1, 0.15) is 6.29 Å². The van der Waals surface area contributed by atoms with Gasteiger partial charge in [-0.05, 0) is 13.0 Å². The Bertz CT molecular complexity index is 51.7. The van der Waals surface area contributed by atoms with E-state index in [1.807, 2.05) is 0 Å². The fourth-order valence-corrected chi connectivity index (χ4v) is 0.0786. The number of hydrogen-bond acceptors (Lipinski definition) is 3. The predicted molar refractivity (Wildman–Crippen MR) is 29.3 cm³/mol. The molecule has 0 saturated heterocycles. The smallest absolute Gasteiger partial charge is 0.142 e. The topological polar surface area (TPSA) is 69.1 Å². The molecule has 0 aliphatic heterocycles. The summed E-state index contributed by atoms with van der Waals surface area (Å²) in [6.07, 6.45) is 3.88. The molecule has 0 fully saturated rings. The highest BCUT2D eigenvalue weighted by Gasteiger charge is 1.48. The Morgan fingerprint density at radius 2 is 1.86 bits per heavy atom. The van der Waals surface area contributed by atoms with Crippen molar-refractivity contribution in [2.24, 2.45) is 11.7 Å². The maximum atomic E-state index is 9.32. The van der Waals surface area contributed by atoms with Gasteiger partial charge in [0.25, 0.3) is 0 Å². The lowest BCUT2D eigenvalue weighted by molar-refractivity contribution is -0.104. The Labute approximate surface area is 43.0 Å². The lowest BCUT2D eigenvalue weighted by atomic mass is 10.6. The summed E-state index contributed by atoms with van der Waals surface area (Å²) in [5, 5.41) is 0. The summed E-state index contributed by atoms with van der Waals surface area (Å²) < 4.78 is 0. The van der Waals surface area contributed by atoms with E-state index in [0.29, 0.717) is 0 Å². The minimum atomic E-state index is 0.750. The number of hydrazine groups is 1. The summed E-state index contributed by atoms with van der Waals surface area (Å²) in [4.78, 5) is 9.32. The number of aldehydes is 1. The Kier molecular flexibility index (Phi) is 25.2. The van der Waals surface area contributed by atoms with Crippen LogP contribution in [0.3, 0.4) is 0 Å². The van der Waals surface area contributed by atoms with Crippen molar-refractivity contribution in [1.82, 2.24) is 0 Å². The molecule has 0 aliphatic rings. The summed E-state index contributed by atoms with van der Waals surface area (Å²) in [7, 11) is 0. The highest BCUT2D eigenvalue weighted by atomic mass is 16.1. The van der Waals surface area contributed by atoms with Gasteiger partial charge in [-0.15, -0.1) is 0 Å². The maximum absolute atomic E-state index is 9.32. The van der Waals surface area contributed by atoms with E-state index in [9.17, 15) is 4.79 Å². The monoisotopic (exact) mass is 102 g/mol. The summed E-state index contributed by atoms with van der Waals surface area (Å²) in [6, 6.07) is 0. The summed E-state index contributed by atoms with van der Waals surface area (Å²) >= 11 is 0. The molecule has 0 saturated carbocycles. The SMILES string of the molecule is C/C=C\C=O.NN. The molecule has 7 heavy (non-hydrogen) atoms. The molecule has 3 heteroatoms. The van der Waals surface area contributed by atoms with Gasteiger partial charge in [-0.1, -0.05) is 6.08 Å². The Morgan fingerprint density at radius 3 is 1.86 bits per heavy atom. The van der Waals surface area contributed by atoms with Crippen molar-refractivity contribution in [1.29, 1.82) is 0 Å². The fourth-order valence-electron chi connectivity index (χ4n) is 0.0786. The summed E-state index contributed by atoms with van der Waals surface area (Å²) in [5.41, 5.74) is 0. The number of rotatable bonds is 1. The van der Waals surface area contributed by atoms with Crippen LogP contribution in [0.5, 0.6) is 0 Å². The number of carbonyl (C=O) groups is 1. The lowest BCUT2D eigenvalue weighted by Crippen LogP contribution is -2.02. The molecule has 0 heterocycles. The Morgan fingerprint density at radius 1 is 1.43 bits per heavy atom. The zero-order chi connectivity index (χ0) is 6.12. The normalized spacial score (nSPS) is 7.29. The van der Waals surface area contributed by atoms with Crippen molar-refractivity contribution in [3.63, 3.8) is 0 Å². The molecule has 0 atom stereocenters. The second-order valence-electron chi connectivity index (χ2n) is 0.662. The van der Waals surface area contributed by atoms with Gasteiger partial charge in [0.2, 0.25) is 0 Å². The van der Waals surface area contributed by atoms with Gasteiger partial charge in [-0.2, -0.15) is 0 Å². The first-order chi connectivity index (χ1) is 3.41. The highest BCUT2D eigenvalue weighted by molar-refractivity contribution is 5.64. The molecule has 0 amide bonds. The van der Waals surface area contributed by atoms with E-state index in [4.69, 9.17) is 0 Å². The van der Waals surface area contributed by atoms with Crippen molar-refractivity contribution in [3.05, 3.63) is 12.2 Å². The van der Waals surface area contributed by atoms with Gasteiger partial charge in [-0.3, -0.25) is 16.5 Å². The van der Waals surface area contributed by atoms with Crippen molar-refractivity contribution in [3.8, 4) is 0 Å². The van der Waals surface area contributed by atoms with Crippen LogP contribution in [0, 0.1) is 0 Å². The Balaban J connectivity index is 0. The molecule has 0 rings (SSSR count). The fraction of sp³-hybridized carbons (Fsp3) is 0.250. The lowest BCUT2D eigenvalue weighted by Gasteiger charge is -1.51. The van der Waals surface area contributed by atoms with Crippen LogP contribution in [0.25, 0.3) is 0 Å². The van der Waals surface area contributed by atoms with Crippen LogP contribution in [0.4, 0.5) is 0 Å². The first-order valence-electron chi connectivity index (χ1n) is 1.81. The second-order valence-corrected chi connectivity index (χ2v) is 0.662. The molecule has 0 bridgehead atoms. The zero-order valence-electron chi connectivity index (χ0n) is 4.29. The van der Waals surface area contributed by atoms with E-state index in [0.717, 1.165) is 6.29 Å². The maximum Gasteiger partial charge on any atom is 0.142 e. The van der Waals surface area contributed by atoms with Crippen LogP contribution in [0.1, 0.15) is 6.92 Å². The first-order valence-corrected chi connectivity index (χ1v) is 1.81. The van der Waals surface area contributed by atoms with Gasteiger partial charge < -0.3 is 0 Å². The van der Waals surface area contributed by atoms with E-state index in [-0.39, 0.29) is 0 Å². The van der Waals surface area contributed by atoms with Crippen molar-refractivity contribution >= 4 is 6.29 Å². The number of allylic oxidation sites excluding steroid dienone is 2. The van der Waals surface area contributed by atoms with Crippen LogP contribution >= 0.6 is 0 Å². The van der Waals surface area contributed by atoms with Crippen LogP contribution in [-0.4, -0.2) is 6.29 Å². The van der Waals surface area contributed by atoms with Crippen LogP contribution in [0.15, 0.2) is 12.2 Å². The molecule has 0 aromatic rings. The van der Waals surface area contributed by atoms with Gasteiger partial charge in [-0.25, -0.2) is 0 Å². The average Bonchev–Trinajstić information content (AvgIpc) is 1.75. The van der Waals surface area contributed by atoms with Crippen molar-refractivity contribution in [2.75, 3.05) is 0 Å². The van der Waals surface area contributed by atoms with Gasteiger partial charge in [0, 0.05) is 0 Å². The van der Waals surface area contributed by atoms with E-state index in [1.54, 1.807) is 13.0 Å². The van der Waals surface area contributed by atoms with E-state index in [2.05, 4.69) is 11.7 Å². The molecule has 0 aromatic carbocycles. The average molecular weight is 102 g/mol. The quantitative estimate of drug-likeness (QED) is 0.204. The zero-order valence-corrected chi connectivity index (χ0v) is 4.29. The summed E-state index contributed by atoms with van der Waals surface area (Å²) in [6.45, 7) is 1.80. The summed E-state index contributed by atoms with van der Waals surface area (Å²) in [5.74, 6) is 8.00. The Hall–Kier alpha value is -0.670. The van der Waals surface area contributed by atoms with E-state index >= 15 is 0 Å². The third-order valence-electron chi connectivity index (χ3n) is 0.271. The van der Waals surface area contributed by atoms with E-state index in [1.165, 1.54) is 6.08 Å². The standard InChI is InChI=1S/C4H6O.H4N2/c1-2-3-4-5;1-2/h2-4H,1H3;1-2H2/b3-2-;. The van der Waals surface area contributed by atoms with Crippen LogP contribution in [-0.2, 0) is 4.79 Å². The first kappa shape index (κ1) is 9.59. The number of nitrogens with two attached hydrogens (primary N) is 2. The molecule has 0 unspecified atom stereocenters. The minimum absolute atomic E-state index is 0.750. The largest absolute Gasteiger partial charge is 0.299 e. The van der Waals surface area contributed by atoms with Crippen LogP contribution in [0.2, 0.25) is 0 Å². The minimum Gasteiger partial charge on any atom is -0.299 e. The van der Waals surface area contributed by atoms with Gasteiger partial charge >= 0.3 is 0 Å². The number of carbonyl (C=O) groups excluding carboxylic acids is 1. The molecule has 42 valence electrons. The third kappa shape index (κ3) is 33.4. The molecule has 0 aliphatic carbocycles. The second kappa shape index (κ2) is 18.4. The number of hydrogen-bond donors (Lipinski definition) is 2. The van der Waals surface area contributed by atoms with Crippen molar-refractivity contribution < 1.29 is 4.79 Å². The molecular formula is C4H10N2O. The van der Waals surface area contributed by atoms with Gasteiger partial charge in [0.05, 0.1) is 0 Å². The van der Waals surface area contributed by atoms with Crippen LogP contribution < -0.4 is 11.7 Å². The molecule has 0 spiro atoms. The molecule has 3 nitrogen and oxygen atoms in total. The molecule has 4 N–H and O–H groups in total. The molecule has 0 radical (unpaired) electrons. The van der Waals surface area contributed by atoms with E-state index < -0.39 is 0 Å². The molecule has 0 aromatic heterocycles. The predicted octanol–water partition coefficient (Wildman–Crippen LogP) is -0.420.